The SMILES string of the molecule is CCCCCCC/C=C\C/C=C\C/C=C\CCCCCCCCCCCCCCCCC(=O)OCC(COC(=O)CCCCCCCCC)OC(=O)CCCCCCCCCCCCCCCCCC. The Bertz CT molecular complexity index is 1170. The predicted molar refractivity (Wildman–Crippen MR) is 302 cm³/mol. The summed E-state index contributed by atoms with van der Waals surface area (Å²) in [6, 6.07) is 0. The van der Waals surface area contributed by atoms with Crippen LogP contribution in [0.25, 0.3) is 0 Å². The van der Waals surface area contributed by atoms with Gasteiger partial charge in [-0.25, -0.2) is 0 Å². The van der Waals surface area contributed by atoms with Crippen LogP contribution in [0.5, 0.6) is 0 Å². The van der Waals surface area contributed by atoms with Crippen molar-refractivity contribution >= 4 is 17.9 Å². The van der Waals surface area contributed by atoms with E-state index in [2.05, 4.69) is 57.2 Å². The van der Waals surface area contributed by atoms with Gasteiger partial charge in [-0.1, -0.05) is 295 Å². The van der Waals surface area contributed by atoms with Gasteiger partial charge in [0.1, 0.15) is 13.2 Å². The fourth-order valence-corrected chi connectivity index (χ4v) is 9.22. The first kappa shape index (κ1) is 67.6. The molecule has 0 aliphatic carbocycles. The van der Waals surface area contributed by atoms with Crippen molar-refractivity contribution in [3.8, 4) is 0 Å². The Hall–Kier alpha value is -2.37. The van der Waals surface area contributed by atoms with Crippen molar-refractivity contribution in [2.75, 3.05) is 13.2 Å². The minimum absolute atomic E-state index is 0.0673. The molecule has 0 radical (unpaired) electrons. The highest BCUT2D eigenvalue weighted by Crippen LogP contribution is 2.17. The number of carbonyl (C=O) groups excluding carboxylic acids is 3. The number of esters is 3. The molecule has 0 rings (SSSR count). The van der Waals surface area contributed by atoms with Gasteiger partial charge in [-0.3, -0.25) is 14.4 Å². The number of rotatable bonds is 57. The zero-order valence-electron chi connectivity index (χ0n) is 47.1. The van der Waals surface area contributed by atoms with Crippen molar-refractivity contribution in [2.45, 2.75) is 341 Å². The molecule has 0 saturated heterocycles. The van der Waals surface area contributed by atoms with E-state index >= 15 is 0 Å². The number of unbranched alkanes of at least 4 members (excludes halogenated alkanes) is 40. The van der Waals surface area contributed by atoms with Gasteiger partial charge in [-0.05, 0) is 57.8 Å². The lowest BCUT2D eigenvalue weighted by Gasteiger charge is -2.18. The van der Waals surface area contributed by atoms with Crippen molar-refractivity contribution < 1.29 is 28.6 Å². The summed E-state index contributed by atoms with van der Waals surface area (Å²) in [7, 11) is 0. The quantitative estimate of drug-likeness (QED) is 0.0261. The van der Waals surface area contributed by atoms with Crippen LogP contribution in [0.15, 0.2) is 36.5 Å². The highest BCUT2D eigenvalue weighted by molar-refractivity contribution is 5.71. The molecular formula is C64H118O6. The molecule has 1 unspecified atom stereocenters. The summed E-state index contributed by atoms with van der Waals surface area (Å²) in [5, 5.41) is 0. The number of carbonyl (C=O) groups is 3. The Balaban J connectivity index is 4.05. The first-order valence-electron chi connectivity index (χ1n) is 31.0. The third-order valence-corrected chi connectivity index (χ3v) is 13.9. The summed E-state index contributed by atoms with van der Waals surface area (Å²) in [6.45, 7) is 6.63. The van der Waals surface area contributed by atoms with Crippen LogP contribution in [-0.4, -0.2) is 37.2 Å². The molecule has 0 saturated carbocycles. The lowest BCUT2D eigenvalue weighted by Crippen LogP contribution is -2.30. The normalized spacial score (nSPS) is 12.2. The van der Waals surface area contributed by atoms with E-state index in [1.807, 2.05) is 0 Å². The molecule has 0 amide bonds. The summed E-state index contributed by atoms with van der Waals surface area (Å²) < 4.78 is 16.8. The van der Waals surface area contributed by atoms with E-state index in [4.69, 9.17) is 14.2 Å². The van der Waals surface area contributed by atoms with Crippen molar-refractivity contribution in [1.29, 1.82) is 0 Å². The van der Waals surface area contributed by atoms with E-state index in [1.54, 1.807) is 0 Å². The second-order valence-corrected chi connectivity index (χ2v) is 21.0. The Morgan fingerprint density at radius 3 is 0.800 bits per heavy atom. The maximum atomic E-state index is 12.8. The lowest BCUT2D eigenvalue weighted by atomic mass is 10.0. The molecule has 0 aromatic carbocycles. The molecule has 0 N–H and O–H groups in total. The van der Waals surface area contributed by atoms with E-state index in [0.717, 1.165) is 70.6 Å². The summed E-state index contributed by atoms with van der Waals surface area (Å²) in [4.78, 5) is 38.0. The molecule has 6 nitrogen and oxygen atoms in total. The molecule has 70 heavy (non-hydrogen) atoms. The van der Waals surface area contributed by atoms with E-state index in [-0.39, 0.29) is 31.1 Å². The number of hydrogen-bond donors (Lipinski definition) is 0. The molecule has 410 valence electrons. The summed E-state index contributed by atoms with van der Waals surface area (Å²) >= 11 is 0. The van der Waals surface area contributed by atoms with Crippen LogP contribution in [0.1, 0.15) is 335 Å². The molecule has 0 bridgehead atoms. The molecule has 0 aromatic rings. The molecule has 1 atom stereocenters. The number of hydrogen-bond acceptors (Lipinski definition) is 6. The van der Waals surface area contributed by atoms with Crippen LogP contribution in [-0.2, 0) is 28.6 Å². The van der Waals surface area contributed by atoms with Crippen LogP contribution < -0.4 is 0 Å². The van der Waals surface area contributed by atoms with Crippen molar-refractivity contribution in [3.05, 3.63) is 36.5 Å². The minimum atomic E-state index is -0.765. The van der Waals surface area contributed by atoms with Gasteiger partial charge in [0.15, 0.2) is 6.10 Å². The third kappa shape index (κ3) is 56.5. The van der Waals surface area contributed by atoms with Crippen LogP contribution in [0.3, 0.4) is 0 Å². The molecule has 0 fully saturated rings. The zero-order valence-corrected chi connectivity index (χ0v) is 47.1. The first-order valence-corrected chi connectivity index (χ1v) is 31.0. The van der Waals surface area contributed by atoms with Gasteiger partial charge < -0.3 is 14.2 Å². The van der Waals surface area contributed by atoms with Gasteiger partial charge in [-0.2, -0.15) is 0 Å². The average Bonchev–Trinajstić information content (AvgIpc) is 3.36. The highest BCUT2D eigenvalue weighted by atomic mass is 16.6. The smallest absolute Gasteiger partial charge is 0.306 e. The van der Waals surface area contributed by atoms with Crippen molar-refractivity contribution in [1.82, 2.24) is 0 Å². The molecular weight excluding hydrogens is 865 g/mol. The van der Waals surface area contributed by atoms with Gasteiger partial charge in [0.25, 0.3) is 0 Å². The fraction of sp³-hybridized carbons (Fsp3) is 0.859. The van der Waals surface area contributed by atoms with Crippen LogP contribution in [0.2, 0.25) is 0 Å². The predicted octanol–water partition coefficient (Wildman–Crippen LogP) is 20.8. The van der Waals surface area contributed by atoms with E-state index in [0.29, 0.717) is 19.3 Å². The molecule has 6 heteroatoms. The summed E-state index contributed by atoms with van der Waals surface area (Å²) in [6.07, 6.45) is 71.8. The van der Waals surface area contributed by atoms with Gasteiger partial charge >= 0.3 is 17.9 Å². The van der Waals surface area contributed by atoms with Gasteiger partial charge in [0.2, 0.25) is 0 Å². The van der Waals surface area contributed by atoms with Crippen molar-refractivity contribution in [3.63, 3.8) is 0 Å². The van der Waals surface area contributed by atoms with Crippen LogP contribution in [0.4, 0.5) is 0 Å². The van der Waals surface area contributed by atoms with E-state index in [9.17, 15) is 14.4 Å². The topological polar surface area (TPSA) is 78.9 Å². The standard InChI is InChI=1S/C64H118O6/c1-4-7-10-13-16-18-20-22-24-26-27-28-29-30-31-32-33-34-35-36-37-38-40-41-43-45-48-51-54-57-63(66)69-60-61(59-68-62(65)56-53-50-47-15-12-9-6-3)70-64(67)58-55-52-49-46-44-42-39-25-23-21-19-17-14-11-8-5-2/h20,22,26-27,29-30,61H,4-19,21,23-25,28,31-60H2,1-3H3/b22-20-,27-26-,30-29-. The Morgan fingerprint density at radius 1 is 0.286 bits per heavy atom. The van der Waals surface area contributed by atoms with E-state index < -0.39 is 6.10 Å². The Labute approximate surface area is 435 Å². The first-order chi connectivity index (χ1) is 34.5. The second kappa shape index (κ2) is 59.2. The average molecular weight is 984 g/mol. The molecule has 0 aromatic heterocycles. The zero-order chi connectivity index (χ0) is 50.7. The van der Waals surface area contributed by atoms with Gasteiger partial charge in [0.05, 0.1) is 0 Å². The maximum Gasteiger partial charge on any atom is 0.306 e. The Morgan fingerprint density at radius 2 is 0.514 bits per heavy atom. The van der Waals surface area contributed by atoms with E-state index in [1.165, 1.54) is 225 Å². The van der Waals surface area contributed by atoms with Gasteiger partial charge in [-0.15, -0.1) is 0 Å². The fourth-order valence-electron chi connectivity index (χ4n) is 9.22. The van der Waals surface area contributed by atoms with Crippen molar-refractivity contribution in [2.24, 2.45) is 0 Å². The molecule has 0 aliphatic rings. The monoisotopic (exact) mass is 983 g/mol. The second-order valence-electron chi connectivity index (χ2n) is 21.0. The summed E-state index contributed by atoms with van der Waals surface area (Å²) in [5.41, 5.74) is 0. The van der Waals surface area contributed by atoms with Crippen LogP contribution >= 0.6 is 0 Å². The lowest BCUT2D eigenvalue weighted by molar-refractivity contribution is -0.167. The maximum absolute atomic E-state index is 12.8. The minimum Gasteiger partial charge on any atom is -0.462 e. The number of ether oxygens (including phenoxy) is 3. The highest BCUT2D eigenvalue weighted by Gasteiger charge is 2.19. The largest absolute Gasteiger partial charge is 0.462 e. The summed E-state index contributed by atoms with van der Waals surface area (Å²) in [5.74, 6) is -0.855. The van der Waals surface area contributed by atoms with Crippen LogP contribution in [0, 0.1) is 0 Å². The Kier molecular flexibility index (Phi) is 57.2. The third-order valence-electron chi connectivity index (χ3n) is 13.9. The molecule has 0 aliphatic heterocycles. The molecule has 0 spiro atoms. The van der Waals surface area contributed by atoms with Gasteiger partial charge in [0, 0.05) is 19.3 Å². The number of allylic oxidation sites excluding steroid dienone is 6. The molecule has 0 heterocycles.